The third kappa shape index (κ3) is 2.21. The number of aromatic nitrogens is 1. The van der Waals surface area contributed by atoms with Crippen LogP contribution in [0.5, 0.6) is 5.75 Å². The Kier molecular flexibility index (Phi) is 4.02. The number of hydrogen-bond acceptors (Lipinski definition) is 6. The van der Waals surface area contributed by atoms with Crippen LogP contribution < -0.4 is 10.2 Å². The number of hydrogen-bond donors (Lipinski definition) is 0. The Morgan fingerprint density at radius 3 is 2.73 bits per heavy atom. The molecule has 0 N–H and O–H groups in total. The van der Waals surface area contributed by atoms with Crippen LogP contribution in [0, 0.1) is 0 Å². The van der Waals surface area contributed by atoms with Crippen molar-refractivity contribution >= 4 is 11.9 Å². The van der Waals surface area contributed by atoms with Crippen molar-refractivity contribution in [3.63, 3.8) is 0 Å². The number of ether oxygens (including phenoxy) is 3. The monoisotopic (exact) mass is 362 g/mol. The van der Waals surface area contributed by atoms with Crippen LogP contribution in [0.15, 0.2) is 11.0 Å². The normalized spacial score (nSPS) is 29.7. The van der Waals surface area contributed by atoms with Crippen molar-refractivity contribution in [2.45, 2.75) is 50.4 Å². The maximum atomic E-state index is 13.3. The van der Waals surface area contributed by atoms with E-state index in [1.807, 2.05) is 11.8 Å². The summed E-state index contributed by atoms with van der Waals surface area (Å²) in [4.78, 5) is 39.9. The second-order valence-corrected chi connectivity index (χ2v) is 7.07. The lowest BCUT2D eigenvalue weighted by molar-refractivity contribution is -0.120. The fourth-order valence-corrected chi connectivity index (χ4v) is 4.59. The molecule has 0 spiro atoms. The Morgan fingerprint density at radius 1 is 1.27 bits per heavy atom. The molecular weight excluding hydrogens is 340 g/mol. The van der Waals surface area contributed by atoms with E-state index in [4.69, 9.17) is 14.2 Å². The van der Waals surface area contributed by atoms with Gasteiger partial charge in [-0.1, -0.05) is 0 Å². The highest BCUT2D eigenvalue weighted by Crippen LogP contribution is 2.43. The van der Waals surface area contributed by atoms with Crippen LogP contribution >= 0.6 is 0 Å². The van der Waals surface area contributed by atoms with Gasteiger partial charge in [0.2, 0.25) is 5.43 Å². The first kappa shape index (κ1) is 17.1. The second kappa shape index (κ2) is 6.12. The molecule has 1 saturated heterocycles. The molecule has 2 fully saturated rings. The first-order valence-electron chi connectivity index (χ1n) is 8.85. The van der Waals surface area contributed by atoms with Crippen molar-refractivity contribution in [3.05, 3.63) is 27.7 Å². The highest BCUT2D eigenvalue weighted by molar-refractivity contribution is 5.98. The Labute approximate surface area is 150 Å². The molecule has 0 aromatic carbocycles. The minimum absolute atomic E-state index is 0.0333. The summed E-state index contributed by atoms with van der Waals surface area (Å²) in [6.07, 6.45) is 4.10. The quantitative estimate of drug-likeness (QED) is 0.729. The average Bonchev–Trinajstić information content (AvgIpc) is 2.65. The molecule has 1 unspecified atom stereocenters. The van der Waals surface area contributed by atoms with Crippen LogP contribution in [0.2, 0.25) is 0 Å². The molecule has 0 radical (unpaired) electrons. The number of rotatable bonds is 2. The minimum Gasteiger partial charge on any atom is -0.491 e. The Bertz CT molecular complexity index is 832. The predicted octanol–water partition coefficient (Wildman–Crippen LogP) is 0.980. The van der Waals surface area contributed by atoms with E-state index in [0.717, 1.165) is 19.3 Å². The molecule has 3 aliphatic rings. The molecule has 140 valence electrons. The fourth-order valence-electron chi connectivity index (χ4n) is 4.59. The van der Waals surface area contributed by atoms with E-state index >= 15 is 0 Å². The standard InChI is InChI=1S/C18H22N2O6/c1-9-8-26-12-6-4-5-11-13(12)20(9)17(22)14-16(24-2)15(21)10(7-19(11)14)18(23)25-3/h7,9,11-13H,4-6,8H2,1-3H3/t9-,11+,12?,13+/m0/s1. The van der Waals surface area contributed by atoms with Crippen molar-refractivity contribution in [2.75, 3.05) is 20.8 Å². The number of carbonyl (C=O) groups excluding carboxylic acids is 2. The van der Waals surface area contributed by atoms with E-state index in [9.17, 15) is 14.4 Å². The van der Waals surface area contributed by atoms with E-state index in [2.05, 4.69) is 0 Å². The van der Waals surface area contributed by atoms with E-state index < -0.39 is 11.4 Å². The van der Waals surface area contributed by atoms with E-state index in [-0.39, 0.29) is 47.1 Å². The van der Waals surface area contributed by atoms with E-state index in [1.165, 1.54) is 20.4 Å². The number of nitrogens with zero attached hydrogens (tertiary/aromatic N) is 2. The predicted molar refractivity (Wildman–Crippen MR) is 90.6 cm³/mol. The second-order valence-electron chi connectivity index (χ2n) is 7.07. The van der Waals surface area contributed by atoms with Gasteiger partial charge in [0.25, 0.3) is 5.91 Å². The number of morpholine rings is 1. The SMILES string of the molecule is COC(=O)c1cn2c(c(OC)c1=O)C(=O)N1[C@@H](C)COC3CCC[C@@H]2[C@H]31. The lowest BCUT2D eigenvalue weighted by atomic mass is 9.82. The van der Waals surface area contributed by atoms with Gasteiger partial charge < -0.3 is 23.7 Å². The van der Waals surface area contributed by atoms with Gasteiger partial charge in [-0.25, -0.2) is 4.79 Å². The van der Waals surface area contributed by atoms with Gasteiger partial charge in [0.1, 0.15) is 5.56 Å². The third-order valence-corrected chi connectivity index (χ3v) is 5.71. The molecule has 1 amide bonds. The van der Waals surface area contributed by atoms with Crippen LogP contribution in [-0.2, 0) is 9.47 Å². The fraction of sp³-hybridized carbons (Fsp3) is 0.611. The van der Waals surface area contributed by atoms with Gasteiger partial charge in [0.05, 0.1) is 45.1 Å². The zero-order chi connectivity index (χ0) is 18.6. The summed E-state index contributed by atoms with van der Waals surface area (Å²) >= 11 is 0. The summed E-state index contributed by atoms with van der Waals surface area (Å²) in [5.41, 5.74) is -0.535. The van der Waals surface area contributed by atoms with Gasteiger partial charge in [-0.05, 0) is 26.2 Å². The molecule has 4 atom stereocenters. The number of carbonyl (C=O) groups is 2. The molecule has 26 heavy (non-hydrogen) atoms. The Hall–Kier alpha value is -2.35. The molecule has 1 aliphatic carbocycles. The topological polar surface area (TPSA) is 87.1 Å². The zero-order valence-electron chi connectivity index (χ0n) is 15.1. The maximum Gasteiger partial charge on any atom is 0.343 e. The molecular formula is C18H22N2O6. The molecule has 8 heteroatoms. The molecule has 1 aromatic heterocycles. The first-order chi connectivity index (χ1) is 12.5. The molecule has 3 heterocycles. The van der Waals surface area contributed by atoms with Crippen molar-refractivity contribution in [1.29, 1.82) is 0 Å². The van der Waals surface area contributed by atoms with Gasteiger partial charge in [0, 0.05) is 6.20 Å². The van der Waals surface area contributed by atoms with Crippen molar-refractivity contribution in [1.82, 2.24) is 9.47 Å². The summed E-state index contributed by atoms with van der Waals surface area (Å²) in [5.74, 6) is -1.09. The van der Waals surface area contributed by atoms with Gasteiger partial charge in [-0.15, -0.1) is 0 Å². The van der Waals surface area contributed by atoms with Gasteiger partial charge in [-0.2, -0.15) is 0 Å². The number of pyridine rings is 1. The number of amides is 1. The van der Waals surface area contributed by atoms with Crippen LogP contribution in [0.4, 0.5) is 0 Å². The first-order valence-corrected chi connectivity index (χ1v) is 8.85. The van der Waals surface area contributed by atoms with Gasteiger partial charge in [0.15, 0.2) is 11.4 Å². The molecule has 0 bridgehead atoms. The Morgan fingerprint density at radius 2 is 2.04 bits per heavy atom. The van der Waals surface area contributed by atoms with Crippen molar-refractivity contribution in [3.8, 4) is 5.75 Å². The lowest BCUT2D eigenvalue weighted by Gasteiger charge is -2.54. The molecule has 8 nitrogen and oxygen atoms in total. The maximum absolute atomic E-state index is 13.3. The zero-order valence-corrected chi connectivity index (χ0v) is 15.1. The van der Waals surface area contributed by atoms with Crippen LogP contribution in [0.3, 0.4) is 0 Å². The van der Waals surface area contributed by atoms with Gasteiger partial charge >= 0.3 is 5.97 Å². The molecule has 4 rings (SSSR count). The Balaban J connectivity index is 1.97. The molecule has 1 aromatic rings. The largest absolute Gasteiger partial charge is 0.491 e. The van der Waals surface area contributed by atoms with Crippen molar-refractivity contribution in [2.24, 2.45) is 0 Å². The highest BCUT2D eigenvalue weighted by Gasteiger charge is 2.51. The van der Waals surface area contributed by atoms with Crippen LogP contribution in [0.1, 0.15) is 53.1 Å². The number of methoxy groups -OCH3 is 2. The van der Waals surface area contributed by atoms with E-state index in [1.54, 1.807) is 4.57 Å². The summed E-state index contributed by atoms with van der Waals surface area (Å²) in [6, 6.07) is -0.259. The molecule has 1 saturated carbocycles. The van der Waals surface area contributed by atoms with E-state index in [0.29, 0.717) is 6.61 Å². The third-order valence-electron chi connectivity index (χ3n) is 5.71. The van der Waals surface area contributed by atoms with Gasteiger partial charge in [-0.3, -0.25) is 9.59 Å². The number of esters is 1. The van der Waals surface area contributed by atoms with Crippen LogP contribution in [0.25, 0.3) is 0 Å². The summed E-state index contributed by atoms with van der Waals surface area (Å²) in [6.45, 7) is 2.43. The number of fused-ring (bicyclic) bond motifs is 2. The van der Waals surface area contributed by atoms with Crippen LogP contribution in [-0.4, -0.2) is 60.4 Å². The average molecular weight is 362 g/mol. The van der Waals surface area contributed by atoms with Crippen molar-refractivity contribution < 1.29 is 23.8 Å². The molecule has 2 aliphatic heterocycles. The summed E-state index contributed by atoms with van der Waals surface area (Å²) in [5, 5.41) is 0. The smallest absolute Gasteiger partial charge is 0.343 e. The minimum atomic E-state index is -0.737. The lowest BCUT2D eigenvalue weighted by Crippen LogP contribution is -2.65. The summed E-state index contributed by atoms with van der Waals surface area (Å²) < 4.78 is 17.7. The summed E-state index contributed by atoms with van der Waals surface area (Å²) in [7, 11) is 2.56. The highest BCUT2D eigenvalue weighted by atomic mass is 16.5.